The summed E-state index contributed by atoms with van der Waals surface area (Å²) in [5.74, 6) is -0.123. The second kappa shape index (κ2) is 4.20. The van der Waals surface area contributed by atoms with Crippen molar-refractivity contribution in [2.75, 3.05) is 5.75 Å². The lowest BCUT2D eigenvalue weighted by Gasteiger charge is -1.91. The molecule has 70 valence electrons. The quantitative estimate of drug-likeness (QED) is 0.785. The lowest BCUT2D eigenvalue weighted by atomic mass is 10.2. The highest BCUT2D eigenvalue weighted by atomic mass is 32.2. The Balaban J connectivity index is 2.61. The molecule has 0 saturated carbocycles. The molecule has 1 aromatic carbocycles. The molecule has 1 rings (SSSR count). The maximum atomic E-state index is 10.5. The third-order valence-electron chi connectivity index (χ3n) is 1.44. The van der Waals surface area contributed by atoms with Gasteiger partial charge < -0.3 is 0 Å². The third kappa shape index (κ3) is 4.45. The summed E-state index contributed by atoms with van der Waals surface area (Å²) in [5.41, 5.74) is 0.964. The van der Waals surface area contributed by atoms with Gasteiger partial charge in [0.15, 0.2) is 0 Å². The summed E-state index contributed by atoms with van der Waals surface area (Å²) in [6, 6.07) is 9.45. The number of nitrogens with two attached hydrogens (primary N) is 1. The minimum absolute atomic E-state index is 0.123. The van der Waals surface area contributed by atoms with E-state index in [9.17, 15) is 8.42 Å². The monoisotopic (exact) mass is 197 g/mol. The molecule has 0 fully saturated rings. The van der Waals surface area contributed by atoms with Gasteiger partial charge in [-0.3, -0.25) is 0 Å². The van der Waals surface area contributed by atoms with Gasteiger partial charge in [-0.05, 0) is 5.56 Å². The van der Waals surface area contributed by atoms with Gasteiger partial charge in [-0.2, -0.15) is 0 Å². The molecule has 0 aliphatic heterocycles. The van der Waals surface area contributed by atoms with Crippen molar-refractivity contribution in [3.05, 3.63) is 42.0 Å². The van der Waals surface area contributed by atoms with Gasteiger partial charge in [0, 0.05) is 0 Å². The number of benzene rings is 1. The Hall–Kier alpha value is -1.13. The molecule has 0 bridgehead atoms. The van der Waals surface area contributed by atoms with Crippen LogP contribution in [0.5, 0.6) is 0 Å². The van der Waals surface area contributed by atoms with Crippen molar-refractivity contribution in [1.29, 1.82) is 0 Å². The van der Waals surface area contributed by atoms with Gasteiger partial charge in [-0.15, -0.1) is 0 Å². The average Bonchev–Trinajstić information content (AvgIpc) is 2.04. The number of hydrogen-bond acceptors (Lipinski definition) is 2. The molecule has 0 spiro atoms. The minimum atomic E-state index is -3.38. The predicted octanol–water partition coefficient (Wildman–Crippen LogP) is 0.988. The summed E-state index contributed by atoms with van der Waals surface area (Å²) >= 11 is 0. The molecule has 13 heavy (non-hydrogen) atoms. The Morgan fingerprint density at radius 3 is 2.38 bits per heavy atom. The molecule has 0 saturated heterocycles. The van der Waals surface area contributed by atoms with Crippen LogP contribution in [0.1, 0.15) is 5.56 Å². The fourth-order valence-corrected chi connectivity index (χ4v) is 1.25. The van der Waals surface area contributed by atoms with Gasteiger partial charge in [0.25, 0.3) is 0 Å². The van der Waals surface area contributed by atoms with Crippen LogP contribution in [0.2, 0.25) is 0 Å². The van der Waals surface area contributed by atoms with E-state index in [4.69, 9.17) is 5.14 Å². The van der Waals surface area contributed by atoms with Gasteiger partial charge >= 0.3 is 0 Å². The Morgan fingerprint density at radius 2 is 1.85 bits per heavy atom. The van der Waals surface area contributed by atoms with Crippen LogP contribution in [0, 0.1) is 0 Å². The van der Waals surface area contributed by atoms with E-state index in [1.807, 2.05) is 30.3 Å². The number of sulfonamides is 1. The molecule has 0 aromatic heterocycles. The van der Waals surface area contributed by atoms with E-state index in [0.717, 1.165) is 5.56 Å². The van der Waals surface area contributed by atoms with Gasteiger partial charge in [0.05, 0.1) is 5.75 Å². The fraction of sp³-hybridized carbons (Fsp3) is 0.111. The van der Waals surface area contributed by atoms with Crippen molar-refractivity contribution in [3.63, 3.8) is 0 Å². The molecule has 0 radical (unpaired) electrons. The largest absolute Gasteiger partial charge is 0.228 e. The van der Waals surface area contributed by atoms with Crippen molar-refractivity contribution >= 4 is 16.1 Å². The highest BCUT2D eigenvalue weighted by molar-refractivity contribution is 7.89. The Labute approximate surface area is 77.9 Å². The molecule has 0 aliphatic rings. The van der Waals surface area contributed by atoms with Crippen molar-refractivity contribution in [3.8, 4) is 0 Å². The van der Waals surface area contributed by atoms with Crippen LogP contribution in [0.3, 0.4) is 0 Å². The van der Waals surface area contributed by atoms with E-state index >= 15 is 0 Å². The van der Waals surface area contributed by atoms with E-state index in [0.29, 0.717) is 0 Å². The Bertz CT molecular complexity index is 381. The molecule has 2 N–H and O–H groups in total. The summed E-state index contributed by atoms with van der Waals surface area (Å²) in [6.07, 6.45) is 3.26. The maximum Gasteiger partial charge on any atom is 0.212 e. The van der Waals surface area contributed by atoms with Crippen molar-refractivity contribution in [2.45, 2.75) is 0 Å². The van der Waals surface area contributed by atoms with Crippen molar-refractivity contribution in [1.82, 2.24) is 0 Å². The second-order valence-electron chi connectivity index (χ2n) is 2.64. The maximum absolute atomic E-state index is 10.5. The summed E-state index contributed by atoms with van der Waals surface area (Å²) in [6.45, 7) is 0. The second-order valence-corrected chi connectivity index (χ2v) is 4.30. The first kappa shape index (κ1) is 9.95. The molecular formula is C9H11NO2S. The average molecular weight is 197 g/mol. The van der Waals surface area contributed by atoms with Crippen LogP contribution in [-0.2, 0) is 10.0 Å². The molecule has 4 heteroatoms. The third-order valence-corrected chi connectivity index (χ3v) is 2.10. The zero-order valence-electron chi connectivity index (χ0n) is 7.05. The number of rotatable bonds is 3. The molecule has 0 atom stereocenters. The molecule has 0 heterocycles. The lowest BCUT2D eigenvalue weighted by molar-refractivity contribution is 0.600. The van der Waals surface area contributed by atoms with Crippen LogP contribution in [0.15, 0.2) is 36.4 Å². The summed E-state index contributed by atoms with van der Waals surface area (Å²) < 4.78 is 21.1. The fourth-order valence-electron chi connectivity index (χ4n) is 0.882. The summed E-state index contributed by atoms with van der Waals surface area (Å²) in [7, 11) is -3.38. The molecular weight excluding hydrogens is 186 g/mol. The SMILES string of the molecule is NS(=O)(=O)C/C=C/c1ccccc1. The van der Waals surface area contributed by atoms with E-state index in [-0.39, 0.29) is 5.75 Å². The number of hydrogen-bond donors (Lipinski definition) is 1. The Morgan fingerprint density at radius 1 is 1.23 bits per heavy atom. The normalized spacial score (nSPS) is 12.1. The van der Waals surface area contributed by atoms with Gasteiger partial charge in [0.1, 0.15) is 0 Å². The smallest absolute Gasteiger partial charge is 0.212 e. The number of primary sulfonamides is 1. The molecule has 3 nitrogen and oxygen atoms in total. The lowest BCUT2D eigenvalue weighted by Crippen LogP contribution is -2.14. The summed E-state index contributed by atoms with van der Waals surface area (Å²) in [5, 5.41) is 4.82. The van der Waals surface area contributed by atoms with Gasteiger partial charge in [-0.25, -0.2) is 13.6 Å². The predicted molar refractivity (Wildman–Crippen MR) is 53.5 cm³/mol. The molecule has 1 aromatic rings. The van der Waals surface area contributed by atoms with Crippen LogP contribution in [-0.4, -0.2) is 14.2 Å². The topological polar surface area (TPSA) is 60.2 Å². The zero-order chi connectivity index (χ0) is 9.73. The first-order valence-corrected chi connectivity index (χ1v) is 5.51. The molecule has 0 aliphatic carbocycles. The standard InChI is InChI=1S/C9H11NO2S/c10-13(11,12)8-4-7-9-5-2-1-3-6-9/h1-7H,8H2,(H2,10,11,12)/b7-4+. The zero-order valence-corrected chi connectivity index (χ0v) is 7.87. The van der Waals surface area contributed by atoms with Gasteiger partial charge in [0.2, 0.25) is 10.0 Å². The highest BCUT2D eigenvalue weighted by Crippen LogP contribution is 2.00. The van der Waals surface area contributed by atoms with Gasteiger partial charge in [-0.1, -0.05) is 42.5 Å². The van der Waals surface area contributed by atoms with Crippen LogP contribution in [0.25, 0.3) is 6.08 Å². The van der Waals surface area contributed by atoms with Crippen molar-refractivity contribution < 1.29 is 8.42 Å². The van der Waals surface area contributed by atoms with Crippen LogP contribution < -0.4 is 5.14 Å². The van der Waals surface area contributed by atoms with E-state index in [2.05, 4.69) is 0 Å². The van der Waals surface area contributed by atoms with E-state index < -0.39 is 10.0 Å². The van der Waals surface area contributed by atoms with E-state index in [1.54, 1.807) is 6.08 Å². The van der Waals surface area contributed by atoms with E-state index in [1.165, 1.54) is 6.08 Å². The minimum Gasteiger partial charge on any atom is -0.228 e. The Kier molecular flexibility index (Phi) is 3.22. The van der Waals surface area contributed by atoms with Crippen LogP contribution >= 0.6 is 0 Å². The molecule has 0 unspecified atom stereocenters. The first-order valence-electron chi connectivity index (χ1n) is 3.80. The van der Waals surface area contributed by atoms with Crippen LogP contribution in [0.4, 0.5) is 0 Å². The molecule has 0 amide bonds. The first-order chi connectivity index (χ1) is 6.08. The van der Waals surface area contributed by atoms with Crippen molar-refractivity contribution in [2.24, 2.45) is 5.14 Å². The highest BCUT2D eigenvalue weighted by Gasteiger charge is 1.95. The summed E-state index contributed by atoms with van der Waals surface area (Å²) in [4.78, 5) is 0.